The molecule has 0 unspecified atom stereocenters. The number of ether oxygens (including phenoxy) is 1. The van der Waals surface area contributed by atoms with Crippen LogP contribution in [-0.4, -0.2) is 60.5 Å². The molecule has 128 valence electrons. The summed E-state index contributed by atoms with van der Waals surface area (Å²) in [6.45, 7) is 2.73. The molecule has 0 radical (unpaired) electrons. The summed E-state index contributed by atoms with van der Waals surface area (Å²) in [4.78, 5) is 28.5. The highest BCUT2D eigenvalue weighted by Gasteiger charge is 2.46. The third kappa shape index (κ3) is 3.46. The van der Waals surface area contributed by atoms with E-state index >= 15 is 0 Å². The minimum Gasteiger partial charge on any atom is -0.368 e. The molecule has 0 spiro atoms. The summed E-state index contributed by atoms with van der Waals surface area (Å²) in [6.07, 6.45) is 3.43. The summed E-state index contributed by atoms with van der Waals surface area (Å²) >= 11 is 0. The summed E-state index contributed by atoms with van der Waals surface area (Å²) < 4.78 is 5.48. The van der Waals surface area contributed by atoms with Crippen LogP contribution in [0.25, 0.3) is 0 Å². The maximum Gasteiger partial charge on any atom is 0.248 e. The number of carbonyl (C=O) groups excluding carboxylic acids is 2. The van der Waals surface area contributed by atoms with Gasteiger partial charge in [0, 0.05) is 32.1 Å². The molecule has 2 amide bonds. The lowest BCUT2D eigenvalue weighted by molar-refractivity contribution is -0.143. The Bertz CT molecular complexity index is 606. The first-order valence-corrected chi connectivity index (χ1v) is 8.95. The number of hydrogen-bond acceptors (Lipinski definition) is 3. The topological polar surface area (TPSA) is 49.9 Å². The molecule has 1 aromatic rings. The van der Waals surface area contributed by atoms with Crippen LogP contribution in [0.3, 0.4) is 0 Å². The van der Waals surface area contributed by atoms with Crippen molar-refractivity contribution in [3.63, 3.8) is 0 Å². The Morgan fingerprint density at radius 2 is 1.67 bits per heavy atom. The van der Waals surface area contributed by atoms with Crippen LogP contribution in [0.4, 0.5) is 0 Å². The van der Waals surface area contributed by atoms with Gasteiger partial charge in [-0.25, -0.2) is 0 Å². The number of carbonyl (C=O) groups is 2. The summed E-state index contributed by atoms with van der Waals surface area (Å²) in [5.74, 6) is 0.825. The van der Waals surface area contributed by atoms with Crippen LogP contribution in [0.15, 0.2) is 30.3 Å². The Hall–Kier alpha value is -1.88. The van der Waals surface area contributed by atoms with E-state index in [1.165, 1.54) is 5.56 Å². The van der Waals surface area contributed by atoms with E-state index < -0.39 is 0 Å². The van der Waals surface area contributed by atoms with Crippen molar-refractivity contribution in [3.8, 4) is 0 Å². The van der Waals surface area contributed by atoms with Crippen LogP contribution < -0.4 is 0 Å². The van der Waals surface area contributed by atoms with Gasteiger partial charge < -0.3 is 14.5 Å². The van der Waals surface area contributed by atoms with Gasteiger partial charge in [0.2, 0.25) is 11.8 Å². The second-order valence-electron chi connectivity index (χ2n) is 7.08. The van der Waals surface area contributed by atoms with Crippen molar-refractivity contribution in [2.45, 2.75) is 31.3 Å². The first kappa shape index (κ1) is 15.6. The van der Waals surface area contributed by atoms with E-state index in [1.807, 2.05) is 28.0 Å². The summed E-state index contributed by atoms with van der Waals surface area (Å²) in [5, 5.41) is 0. The Kier molecular flexibility index (Phi) is 4.27. The maximum atomic E-state index is 12.6. The highest BCUT2D eigenvalue weighted by Crippen LogP contribution is 2.48. The molecule has 0 N–H and O–H groups in total. The molecule has 5 heteroatoms. The van der Waals surface area contributed by atoms with Gasteiger partial charge in [-0.2, -0.15) is 0 Å². The molecule has 24 heavy (non-hydrogen) atoms. The van der Waals surface area contributed by atoms with E-state index in [0.29, 0.717) is 38.2 Å². The average molecular weight is 328 g/mol. The largest absolute Gasteiger partial charge is 0.368 e. The van der Waals surface area contributed by atoms with E-state index in [0.717, 1.165) is 19.3 Å². The highest BCUT2D eigenvalue weighted by atomic mass is 16.5. The minimum absolute atomic E-state index is 0.0579. The zero-order valence-corrected chi connectivity index (χ0v) is 13.9. The second-order valence-corrected chi connectivity index (χ2v) is 7.08. The fourth-order valence-corrected chi connectivity index (χ4v) is 3.46. The second kappa shape index (κ2) is 6.55. The first-order valence-electron chi connectivity index (χ1n) is 8.95. The maximum absolute atomic E-state index is 12.6. The Morgan fingerprint density at radius 3 is 2.33 bits per heavy atom. The van der Waals surface area contributed by atoms with Crippen molar-refractivity contribution >= 4 is 11.8 Å². The number of nitrogens with zero attached hydrogens (tertiary/aromatic N) is 2. The summed E-state index contributed by atoms with van der Waals surface area (Å²) in [6, 6.07) is 10.3. The number of piperazine rings is 1. The summed E-state index contributed by atoms with van der Waals surface area (Å²) in [7, 11) is 0. The van der Waals surface area contributed by atoms with Crippen molar-refractivity contribution in [1.29, 1.82) is 0 Å². The molecule has 4 rings (SSSR count). The van der Waals surface area contributed by atoms with Crippen molar-refractivity contribution in [2.75, 3.05) is 32.8 Å². The molecule has 1 saturated heterocycles. The molecular weight excluding hydrogens is 304 g/mol. The number of benzene rings is 1. The monoisotopic (exact) mass is 328 g/mol. The molecule has 2 atom stereocenters. The van der Waals surface area contributed by atoms with E-state index in [4.69, 9.17) is 4.74 Å². The van der Waals surface area contributed by atoms with Crippen LogP contribution in [0.2, 0.25) is 0 Å². The molecular formula is C19H24N2O3. The van der Waals surface area contributed by atoms with Gasteiger partial charge in [-0.3, -0.25) is 9.59 Å². The van der Waals surface area contributed by atoms with Crippen molar-refractivity contribution in [3.05, 3.63) is 35.9 Å². The standard InChI is InChI=1S/C19H24N2O3/c22-18(13-24-15-6-7-15)20-8-10-21(11-9-20)19(23)17-12-16(17)14-4-2-1-3-5-14/h1-5,15-17H,6-13H2/t16-,17+/m0/s1. The van der Waals surface area contributed by atoms with Gasteiger partial charge in [0.1, 0.15) is 6.61 Å². The van der Waals surface area contributed by atoms with E-state index in [9.17, 15) is 9.59 Å². The SMILES string of the molecule is O=C(COC1CC1)N1CCN(C(=O)[C@@H]2C[C@H]2c2ccccc2)CC1. The van der Waals surface area contributed by atoms with Gasteiger partial charge in [0.15, 0.2) is 0 Å². The molecule has 0 aromatic heterocycles. The number of hydrogen-bond donors (Lipinski definition) is 0. The number of rotatable bonds is 5. The fraction of sp³-hybridized carbons (Fsp3) is 0.579. The quantitative estimate of drug-likeness (QED) is 0.826. The Balaban J connectivity index is 1.24. The Morgan fingerprint density at radius 1 is 1.00 bits per heavy atom. The van der Waals surface area contributed by atoms with E-state index in [-0.39, 0.29) is 24.3 Å². The zero-order valence-electron chi connectivity index (χ0n) is 13.9. The fourth-order valence-electron chi connectivity index (χ4n) is 3.46. The Labute approximate surface area is 142 Å². The normalized spacial score (nSPS) is 26.3. The first-order chi connectivity index (χ1) is 11.7. The van der Waals surface area contributed by atoms with Gasteiger partial charge >= 0.3 is 0 Å². The van der Waals surface area contributed by atoms with Crippen LogP contribution in [0.1, 0.15) is 30.7 Å². The summed E-state index contributed by atoms with van der Waals surface area (Å²) in [5.41, 5.74) is 1.27. The molecule has 3 fully saturated rings. The van der Waals surface area contributed by atoms with Gasteiger partial charge in [0.25, 0.3) is 0 Å². The molecule has 5 nitrogen and oxygen atoms in total. The van der Waals surface area contributed by atoms with Crippen molar-refractivity contribution in [1.82, 2.24) is 9.80 Å². The minimum atomic E-state index is 0.0579. The average Bonchev–Trinajstić information content (AvgIpc) is 3.54. The van der Waals surface area contributed by atoms with Crippen molar-refractivity contribution < 1.29 is 14.3 Å². The molecule has 3 aliphatic rings. The van der Waals surface area contributed by atoms with Gasteiger partial charge in [0.05, 0.1) is 6.10 Å². The van der Waals surface area contributed by atoms with Crippen LogP contribution in [-0.2, 0) is 14.3 Å². The third-order valence-electron chi connectivity index (χ3n) is 5.25. The molecule has 2 aliphatic carbocycles. The molecule has 2 saturated carbocycles. The van der Waals surface area contributed by atoms with Crippen molar-refractivity contribution in [2.24, 2.45) is 5.92 Å². The van der Waals surface area contributed by atoms with Gasteiger partial charge in [-0.1, -0.05) is 30.3 Å². The smallest absolute Gasteiger partial charge is 0.248 e. The lowest BCUT2D eigenvalue weighted by Gasteiger charge is -2.35. The van der Waals surface area contributed by atoms with E-state index in [1.54, 1.807) is 0 Å². The molecule has 0 bridgehead atoms. The third-order valence-corrected chi connectivity index (χ3v) is 5.25. The van der Waals surface area contributed by atoms with E-state index in [2.05, 4.69) is 12.1 Å². The van der Waals surface area contributed by atoms with Crippen LogP contribution >= 0.6 is 0 Å². The predicted molar refractivity (Wildman–Crippen MR) is 89.4 cm³/mol. The lowest BCUT2D eigenvalue weighted by atomic mass is 10.1. The van der Waals surface area contributed by atoms with Crippen LogP contribution in [0.5, 0.6) is 0 Å². The lowest BCUT2D eigenvalue weighted by Crippen LogP contribution is -2.51. The number of amides is 2. The predicted octanol–water partition coefficient (Wildman–Crippen LogP) is 1.64. The van der Waals surface area contributed by atoms with Crippen LogP contribution in [0, 0.1) is 5.92 Å². The van der Waals surface area contributed by atoms with Gasteiger partial charge in [-0.15, -0.1) is 0 Å². The highest BCUT2D eigenvalue weighted by molar-refractivity contribution is 5.83. The zero-order chi connectivity index (χ0) is 16.5. The molecule has 1 heterocycles. The molecule has 1 aliphatic heterocycles. The molecule has 1 aromatic carbocycles. The van der Waals surface area contributed by atoms with Gasteiger partial charge in [-0.05, 0) is 30.7 Å².